The van der Waals surface area contributed by atoms with Crippen LogP contribution in [0.5, 0.6) is 5.75 Å². The quantitative estimate of drug-likeness (QED) is 0.299. The van der Waals surface area contributed by atoms with Gasteiger partial charge >= 0.3 is 0 Å². The van der Waals surface area contributed by atoms with Gasteiger partial charge in [0, 0.05) is 44.4 Å². The maximum atomic E-state index is 14.2. The summed E-state index contributed by atoms with van der Waals surface area (Å²) in [6, 6.07) is 20.2. The van der Waals surface area contributed by atoms with Crippen molar-refractivity contribution >= 4 is 11.6 Å². The zero-order valence-electron chi connectivity index (χ0n) is 21.4. The third-order valence-corrected chi connectivity index (χ3v) is 6.84. The fraction of sp³-hybridized carbons (Fsp3) is 0.333. The molecule has 0 bridgehead atoms. The molecule has 8 heteroatoms. The molecule has 38 heavy (non-hydrogen) atoms. The van der Waals surface area contributed by atoms with E-state index < -0.39 is 0 Å². The second-order valence-electron chi connectivity index (χ2n) is 9.49. The monoisotopic (exact) mass is 516 g/mol. The number of ether oxygens (including phenoxy) is 2. The van der Waals surface area contributed by atoms with Crippen LogP contribution in [0.15, 0.2) is 79.1 Å². The van der Waals surface area contributed by atoms with Crippen LogP contribution in [0, 0.1) is 5.82 Å². The molecule has 0 spiro atoms. The Morgan fingerprint density at radius 2 is 1.92 bits per heavy atom. The largest absolute Gasteiger partial charge is 0.485 e. The average molecular weight is 517 g/mol. The number of halogens is 1. The lowest BCUT2D eigenvalue weighted by atomic mass is 9.92. The fourth-order valence-electron chi connectivity index (χ4n) is 4.84. The molecule has 0 saturated carbocycles. The van der Waals surface area contributed by atoms with Gasteiger partial charge in [-0.25, -0.2) is 9.37 Å². The summed E-state index contributed by atoms with van der Waals surface area (Å²) < 4.78 is 27.6. The Balaban J connectivity index is 1.31. The van der Waals surface area contributed by atoms with E-state index in [9.17, 15) is 9.18 Å². The predicted octanol–water partition coefficient (Wildman–Crippen LogP) is 4.41. The molecule has 1 fully saturated rings. The van der Waals surface area contributed by atoms with Gasteiger partial charge in [-0.1, -0.05) is 42.5 Å². The predicted molar refractivity (Wildman–Crippen MR) is 144 cm³/mol. The summed E-state index contributed by atoms with van der Waals surface area (Å²) in [6.45, 7) is 5.33. The van der Waals surface area contributed by atoms with Gasteiger partial charge in [-0.3, -0.25) is 9.69 Å². The minimum Gasteiger partial charge on any atom is -0.485 e. The van der Waals surface area contributed by atoms with Gasteiger partial charge in [-0.2, -0.15) is 0 Å². The molecule has 1 unspecified atom stereocenters. The van der Waals surface area contributed by atoms with Gasteiger partial charge in [0.2, 0.25) is 5.91 Å². The molecule has 0 aliphatic carbocycles. The summed E-state index contributed by atoms with van der Waals surface area (Å²) in [5.41, 5.74) is 3.25. The van der Waals surface area contributed by atoms with E-state index in [1.807, 2.05) is 59.1 Å². The van der Waals surface area contributed by atoms with Gasteiger partial charge in [0.15, 0.2) is 11.4 Å². The van der Waals surface area contributed by atoms with E-state index in [0.717, 1.165) is 56.1 Å². The number of rotatable bonds is 11. The number of hydrogen-bond donors (Lipinski definition) is 1. The highest BCUT2D eigenvalue weighted by Gasteiger charge is 2.23. The van der Waals surface area contributed by atoms with Crippen molar-refractivity contribution in [1.82, 2.24) is 19.6 Å². The first-order valence-electron chi connectivity index (χ1n) is 13.1. The third-order valence-electron chi connectivity index (χ3n) is 6.84. The van der Waals surface area contributed by atoms with E-state index in [4.69, 9.17) is 9.47 Å². The number of carbonyl (C=O) groups is 1. The second kappa shape index (κ2) is 12.7. The van der Waals surface area contributed by atoms with Gasteiger partial charge in [0.25, 0.3) is 0 Å². The molecule has 198 valence electrons. The van der Waals surface area contributed by atoms with Gasteiger partial charge < -0.3 is 19.2 Å². The third kappa shape index (κ3) is 6.57. The van der Waals surface area contributed by atoms with Crippen LogP contribution in [-0.2, 0) is 16.1 Å². The number of morpholine rings is 1. The molecule has 1 amide bonds. The molecular formula is C30H33FN4O3. The molecule has 1 atom stereocenters. The zero-order chi connectivity index (χ0) is 26.2. The first kappa shape index (κ1) is 25.9. The van der Waals surface area contributed by atoms with Gasteiger partial charge in [0.05, 0.1) is 18.9 Å². The summed E-state index contributed by atoms with van der Waals surface area (Å²) in [6.07, 6.45) is 4.71. The fourth-order valence-corrected chi connectivity index (χ4v) is 4.84. The van der Waals surface area contributed by atoms with E-state index >= 15 is 0 Å². The zero-order valence-corrected chi connectivity index (χ0v) is 21.4. The van der Waals surface area contributed by atoms with Crippen LogP contribution >= 0.6 is 0 Å². The number of fused-ring (bicyclic) bond motifs is 1. The van der Waals surface area contributed by atoms with Crippen LogP contribution in [0.1, 0.15) is 35.6 Å². The minimum absolute atomic E-state index is 0.0762. The Bertz CT molecular complexity index is 1340. The van der Waals surface area contributed by atoms with Crippen molar-refractivity contribution in [2.24, 2.45) is 0 Å². The van der Waals surface area contributed by atoms with Crippen LogP contribution in [0.4, 0.5) is 4.39 Å². The molecule has 3 heterocycles. The van der Waals surface area contributed by atoms with Crippen molar-refractivity contribution < 1.29 is 18.7 Å². The van der Waals surface area contributed by atoms with E-state index in [-0.39, 0.29) is 24.1 Å². The van der Waals surface area contributed by atoms with Crippen LogP contribution in [0.3, 0.4) is 0 Å². The van der Waals surface area contributed by atoms with Gasteiger partial charge in [-0.05, 0) is 48.4 Å². The number of nitrogens with zero attached hydrogens (tertiary/aromatic N) is 3. The summed E-state index contributed by atoms with van der Waals surface area (Å²) in [7, 11) is 0. The summed E-state index contributed by atoms with van der Waals surface area (Å²) in [5.74, 6) is -0.135. The van der Waals surface area contributed by atoms with Gasteiger partial charge in [0.1, 0.15) is 12.4 Å². The van der Waals surface area contributed by atoms with Crippen molar-refractivity contribution in [3.05, 3.63) is 102 Å². The molecule has 4 aromatic rings. The van der Waals surface area contributed by atoms with Crippen LogP contribution in [0.2, 0.25) is 0 Å². The van der Waals surface area contributed by atoms with Crippen molar-refractivity contribution in [2.75, 3.05) is 39.4 Å². The van der Waals surface area contributed by atoms with E-state index in [1.165, 1.54) is 12.1 Å². The summed E-state index contributed by atoms with van der Waals surface area (Å²) >= 11 is 0. The smallest absolute Gasteiger partial charge is 0.221 e. The van der Waals surface area contributed by atoms with Crippen LogP contribution in [-0.4, -0.2) is 59.6 Å². The topological polar surface area (TPSA) is 68.1 Å². The van der Waals surface area contributed by atoms with E-state index in [1.54, 1.807) is 12.3 Å². The first-order chi connectivity index (χ1) is 18.7. The molecular weight excluding hydrogens is 483 g/mol. The van der Waals surface area contributed by atoms with Crippen LogP contribution in [0.25, 0.3) is 5.65 Å². The van der Waals surface area contributed by atoms with Crippen LogP contribution < -0.4 is 10.1 Å². The van der Waals surface area contributed by atoms with Crippen molar-refractivity contribution in [1.29, 1.82) is 0 Å². The van der Waals surface area contributed by atoms with Crippen molar-refractivity contribution in [3.63, 3.8) is 0 Å². The number of hydrogen-bond acceptors (Lipinski definition) is 5. The standard InChI is InChI=1S/C30H33FN4O3/c31-25-10-4-9-24(19-25)26(20-29(36)32-12-6-13-34-15-17-37-18-16-34)27-21-33-30-28(11-5-14-35(27)30)38-22-23-7-2-1-3-8-23/h1-5,7-11,14,19,21,26H,6,12-13,15-18,20,22H2,(H,32,36). The number of amides is 1. The Hall–Kier alpha value is -3.75. The lowest BCUT2D eigenvalue weighted by molar-refractivity contribution is -0.121. The molecule has 2 aromatic carbocycles. The SMILES string of the molecule is O=C(CC(c1cccc(F)c1)c1cnc2c(OCc3ccccc3)cccn12)NCCCN1CCOCC1. The Morgan fingerprint density at radius 1 is 1.08 bits per heavy atom. The van der Waals surface area contributed by atoms with Crippen molar-refractivity contribution in [3.8, 4) is 5.75 Å². The minimum atomic E-state index is -0.371. The molecule has 0 radical (unpaired) electrons. The lowest BCUT2D eigenvalue weighted by Crippen LogP contribution is -2.38. The lowest BCUT2D eigenvalue weighted by Gasteiger charge is -2.26. The number of nitrogens with one attached hydrogen (secondary N) is 1. The first-order valence-corrected chi connectivity index (χ1v) is 13.1. The number of imidazole rings is 1. The van der Waals surface area contributed by atoms with E-state index in [2.05, 4.69) is 15.2 Å². The van der Waals surface area contributed by atoms with Gasteiger partial charge in [-0.15, -0.1) is 0 Å². The number of pyridine rings is 1. The number of carbonyl (C=O) groups excluding carboxylic acids is 1. The number of benzene rings is 2. The molecule has 1 N–H and O–H groups in total. The highest BCUT2D eigenvalue weighted by atomic mass is 19.1. The Kier molecular flexibility index (Phi) is 8.63. The Morgan fingerprint density at radius 3 is 2.74 bits per heavy atom. The maximum absolute atomic E-state index is 14.2. The maximum Gasteiger partial charge on any atom is 0.221 e. The normalized spacial score (nSPS) is 14.9. The Labute approximate surface area is 222 Å². The molecule has 1 aliphatic rings. The molecule has 2 aromatic heterocycles. The molecule has 7 nitrogen and oxygen atoms in total. The molecule has 5 rings (SSSR count). The highest BCUT2D eigenvalue weighted by Crippen LogP contribution is 2.31. The summed E-state index contributed by atoms with van der Waals surface area (Å²) in [4.78, 5) is 20.0. The average Bonchev–Trinajstić information content (AvgIpc) is 3.38. The highest BCUT2D eigenvalue weighted by molar-refractivity contribution is 5.77. The number of aromatic nitrogens is 2. The molecule has 1 aliphatic heterocycles. The van der Waals surface area contributed by atoms with Crippen molar-refractivity contribution in [2.45, 2.75) is 25.4 Å². The summed E-state index contributed by atoms with van der Waals surface area (Å²) in [5, 5.41) is 3.05. The second-order valence-corrected chi connectivity index (χ2v) is 9.49. The van der Waals surface area contributed by atoms with E-state index in [0.29, 0.717) is 24.5 Å². The molecule has 1 saturated heterocycles.